The Kier molecular flexibility index (Phi) is 2.66. The quantitative estimate of drug-likeness (QED) is 0.598. The maximum Gasteiger partial charge on any atom is 0.159 e. The zero-order valence-corrected chi connectivity index (χ0v) is 7.70. The van der Waals surface area contributed by atoms with E-state index in [-0.39, 0.29) is 0 Å². The van der Waals surface area contributed by atoms with Gasteiger partial charge in [-0.25, -0.2) is 0 Å². The summed E-state index contributed by atoms with van der Waals surface area (Å²) < 4.78 is 0. The van der Waals surface area contributed by atoms with Crippen LogP contribution in [0.2, 0.25) is 0 Å². The van der Waals surface area contributed by atoms with Gasteiger partial charge in [0.05, 0.1) is 0 Å². The minimum Gasteiger partial charge on any atom is -0.295 e. The fraction of sp³-hybridized carbons (Fsp3) is 0.625. The topological polar surface area (TPSA) is 17.1 Å². The summed E-state index contributed by atoms with van der Waals surface area (Å²) >= 11 is 3.31. The number of hydrogen-bond acceptors (Lipinski definition) is 1. The summed E-state index contributed by atoms with van der Waals surface area (Å²) in [5.41, 5.74) is 2.28. The first-order valence-corrected chi connectivity index (χ1v) is 4.65. The third kappa shape index (κ3) is 1.48. The van der Waals surface area contributed by atoms with Crippen molar-refractivity contribution < 1.29 is 4.79 Å². The lowest BCUT2D eigenvalue weighted by atomic mass is 9.93. The molecule has 1 rings (SSSR count). The largest absolute Gasteiger partial charge is 0.295 e. The molecule has 0 aliphatic heterocycles. The Labute approximate surface area is 69.6 Å². The second-order valence-corrected chi connectivity index (χ2v) is 3.23. The number of Topliss-reactive ketones (excluding diaryl/α,β-unsaturated/α-hetero) is 1. The monoisotopic (exact) mass is 202 g/mol. The van der Waals surface area contributed by atoms with E-state index in [1.54, 1.807) is 0 Å². The summed E-state index contributed by atoms with van der Waals surface area (Å²) in [7, 11) is 0. The lowest BCUT2D eigenvalue weighted by Crippen LogP contribution is -2.11. The molecule has 0 aromatic rings. The normalized spacial score (nSPS) is 20.0. The first-order chi connectivity index (χ1) is 4.75. The van der Waals surface area contributed by atoms with Gasteiger partial charge >= 0.3 is 0 Å². The molecule has 0 N–H and O–H groups in total. The average Bonchev–Trinajstić information content (AvgIpc) is 1.88. The maximum absolute atomic E-state index is 11.1. The van der Waals surface area contributed by atoms with Gasteiger partial charge in [-0.05, 0) is 19.8 Å². The van der Waals surface area contributed by atoms with Gasteiger partial charge in [0.1, 0.15) is 0 Å². The number of allylic oxidation sites excluding steroid dienone is 2. The molecule has 0 bridgehead atoms. The van der Waals surface area contributed by atoms with Crippen LogP contribution in [0.4, 0.5) is 0 Å². The van der Waals surface area contributed by atoms with Crippen LogP contribution < -0.4 is 0 Å². The lowest BCUT2D eigenvalue weighted by molar-refractivity contribution is -0.115. The van der Waals surface area contributed by atoms with Gasteiger partial charge in [-0.3, -0.25) is 4.79 Å². The highest BCUT2D eigenvalue weighted by molar-refractivity contribution is 9.09. The number of carbonyl (C=O) groups is 1. The minimum atomic E-state index is 0.334. The molecule has 1 aliphatic rings. The number of ketones is 1. The zero-order chi connectivity index (χ0) is 7.56. The van der Waals surface area contributed by atoms with Crippen molar-refractivity contribution in [1.29, 1.82) is 0 Å². The molecule has 0 spiro atoms. The van der Waals surface area contributed by atoms with Gasteiger partial charge in [0, 0.05) is 17.3 Å². The minimum absolute atomic E-state index is 0.334. The van der Waals surface area contributed by atoms with Crippen LogP contribution in [0.15, 0.2) is 11.1 Å². The van der Waals surface area contributed by atoms with Crippen molar-refractivity contribution >= 4 is 21.7 Å². The standard InChI is InChI=1S/C8H11BrO/c1-6-3-2-4-8(10)7(6)5-9/h2-5H2,1H3. The smallest absolute Gasteiger partial charge is 0.159 e. The van der Waals surface area contributed by atoms with Crippen molar-refractivity contribution in [1.82, 2.24) is 0 Å². The molecular formula is C8H11BrO. The number of halogens is 1. The van der Waals surface area contributed by atoms with Crippen molar-refractivity contribution in [3.8, 4) is 0 Å². The molecule has 0 unspecified atom stereocenters. The molecule has 0 amide bonds. The average molecular weight is 203 g/mol. The van der Waals surface area contributed by atoms with Gasteiger partial charge in [0.15, 0.2) is 5.78 Å². The van der Waals surface area contributed by atoms with E-state index < -0.39 is 0 Å². The van der Waals surface area contributed by atoms with Crippen LogP contribution in [-0.2, 0) is 4.79 Å². The molecule has 0 atom stereocenters. The molecule has 56 valence electrons. The van der Waals surface area contributed by atoms with Gasteiger partial charge in [-0.15, -0.1) is 0 Å². The maximum atomic E-state index is 11.1. The summed E-state index contributed by atoms with van der Waals surface area (Å²) in [6, 6.07) is 0. The van der Waals surface area contributed by atoms with E-state index in [0.29, 0.717) is 5.78 Å². The summed E-state index contributed by atoms with van der Waals surface area (Å²) in [5.74, 6) is 0.334. The lowest BCUT2D eigenvalue weighted by Gasteiger charge is -2.13. The summed E-state index contributed by atoms with van der Waals surface area (Å²) in [6.07, 6.45) is 2.89. The number of rotatable bonds is 1. The molecule has 0 radical (unpaired) electrons. The van der Waals surface area contributed by atoms with Crippen molar-refractivity contribution in [3.63, 3.8) is 0 Å². The van der Waals surface area contributed by atoms with Crippen LogP contribution in [0.1, 0.15) is 26.2 Å². The molecule has 1 nitrogen and oxygen atoms in total. The van der Waals surface area contributed by atoms with Crippen molar-refractivity contribution in [2.45, 2.75) is 26.2 Å². The molecule has 0 aromatic heterocycles. The third-order valence-electron chi connectivity index (χ3n) is 1.94. The highest BCUT2D eigenvalue weighted by Crippen LogP contribution is 2.22. The Bertz CT molecular complexity index is 182. The molecule has 0 aromatic carbocycles. The molecule has 0 saturated heterocycles. The SMILES string of the molecule is CC1=C(CBr)C(=O)CCC1. The fourth-order valence-corrected chi connectivity index (χ4v) is 2.03. The molecule has 0 heterocycles. The summed E-state index contributed by atoms with van der Waals surface area (Å²) in [4.78, 5) is 11.1. The van der Waals surface area contributed by atoms with Crippen molar-refractivity contribution in [2.75, 3.05) is 5.33 Å². The van der Waals surface area contributed by atoms with Crippen molar-refractivity contribution in [2.24, 2.45) is 0 Å². The van der Waals surface area contributed by atoms with Crippen molar-refractivity contribution in [3.05, 3.63) is 11.1 Å². The van der Waals surface area contributed by atoms with Crippen LogP contribution in [0.5, 0.6) is 0 Å². The summed E-state index contributed by atoms with van der Waals surface area (Å²) in [6.45, 7) is 2.05. The van der Waals surface area contributed by atoms with E-state index in [2.05, 4.69) is 15.9 Å². The first kappa shape index (κ1) is 7.99. The van der Waals surface area contributed by atoms with Crippen LogP contribution >= 0.6 is 15.9 Å². The van der Waals surface area contributed by atoms with Crippen LogP contribution in [0, 0.1) is 0 Å². The van der Waals surface area contributed by atoms with Crippen LogP contribution in [0.25, 0.3) is 0 Å². The van der Waals surface area contributed by atoms with Crippen LogP contribution in [0.3, 0.4) is 0 Å². The Hall–Kier alpha value is -0.110. The first-order valence-electron chi connectivity index (χ1n) is 3.53. The van der Waals surface area contributed by atoms with Gasteiger partial charge in [-0.2, -0.15) is 0 Å². The Morgan fingerprint density at radius 3 is 2.60 bits per heavy atom. The fourth-order valence-electron chi connectivity index (χ4n) is 1.24. The Morgan fingerprint density at radius 1 is 1.50 bits per heavy atom. The van der Waals surface area contributed by atoms with E-state index >= 15 is 0 Å². The number of carbonyl (C=O) groups excluding carboxylic acids is 1. The van der Waals surface area contributed by atoms with E-state index in [4.69, 9.17) is 0 Å². The molecule has 0 saturated carbocycles. The predicted molar refractivity (Wildman–Crippen MR) is 45.4 cm³/mol. The molecular weight excluding hydrogens is 192 g/mol. The second kappa shape index (κ2) is 3.33. The molecule has 1 aliphatic carbocycles. The Morgan fingerprint density at radius 2 is 2.20 bits per heavy atom. The number of alkyl halides is 1. The Balaban J connectivity index is 2.84. The molecule has 2 heteroatoms. The van der Waals surface area contributed by atoms with E-state index in [0.717, 1.165) is 30.2 Å². The van der Waals surface area contributed by atoms with E-state index in [1.165, 1.54) is 5.57 Å². The van der Waals surface area contributed by atoms with Crippen LogP contribution in [-0.4, -0.2) is 11.1 Å². The third-order valence-corrected chi connectivity index (χ3v) is 2.50. The highest BCUT2D eigenvalue weighted by Gasteiger charge is 2.15. The van der Waals surface area contributed by atoms with Gasteiger partial charge in [0.2, 0.25) is 0 Å². The summed E-state index contributed by atoms with van der Waals surface area (Å²) in [5, 5.41) is 0.734. The van der Waals surface area contributed by atoms with Gasteiger partial charge < -0.3 is 0 Å². The number of hydrogen-bond donors (Lipinski definition) is 0. The molecule has 10 heavy (non-hydrogen) atoms. The predicted octanol–water partition coefficient (Wildman–Crippen LogP) is 2.45. The second-order valence-electron chi connectivity index (χ2n) is 2.67. The van der Waals surface area contributed by atoms with Gasteiger partial charge in [-0.1, -0.05) is 21.5 Å². The zero-order valence-electron chi connectivity index (χ0n) is 6.11. The van der Waals surface area contributed by atoms with Gasteiger partial charge in [0.25, 0.3) is 0 Å². The van der Waals surface area contributed by atoms with E-state index in [1.807, 2.05) is 6.92 Å². The highest BCUT2D eigenvalue weighted by atomic mass is 79.9. The van der Waals surface area contributed by atoms with E-state index in [9.17, 15) is 4.79 Å². The molecule has 0 fully saturated rings.